The van der Waals surface area contributed by atoms with Crippen LogP contribution in [0.25, 0.3) is 23.0 Å². The fourth-order valence-electron chi connectivity index (χ4n) is 3.95. The van der Waals surface area contributed by atoms with E-state index in [2.05, 4.69) is 0 Å². The number of thiocarbonyl (C=S) groups is 1. The van der Waals surface area contributed by atoms with Gasteiger partial charge < -0.3 is 4.74 Å². The lowest BCUT2D eigenvalue weighted by Gasteiger charge is -2.18. The van der Waals surface area contributed by atoms with Crippen LogP contribution in [0.1, 0.15) is 25.0 Å². The molecule has 0 atom stereocenters. The molecule has 4 aromatic rings. The van der Waals surface area contributed by atoms with Gasteiger partial charge in [-0.2, -0.15) is 5.10 Å². The largest absolute Gasteiger partial charge is 0.489 e. The third-order valence-corrected chi connectivity index (χ3v) is 7.17. The molecule has 2 heterocycles. The minimum Gasteiger partial charge on any atom is -0.489 e. The van der Waals surface area contributed by atoms with Gasteiger partial charge in [0.15, 0.2) is 0 Å². The van der Waals surface area contributed by atoms with E-state index >= 15 is 0 Å². The van der Waals surface area contributed by atoms with Crippen LogP contribution in [0.5, 0.6) is 5.75 Å². The Morgan fingerprint density at radius 1 is 1.03 bits per heavy atom. The average Bonchev–Trinajstić information content (AvgIpc) is 3.44. The summed E-state index contributed by atoms with van der Waals surface area (Å²) in [4.78, 5) is 15.2. The first-order valence-electron chi connectivity index (χ1n) is 11.8. The zero-order valence-corrected chi connectivity index (χ0v) is 21.9. The molecule has 3 aromatic carbocycles. The molecule has 1 amide bonds. The van der Waals surface area contributed by atoms with Gasteiger partial charge in [0.25, 0.3) is 5.91 Å². The van der Waals surface area contributed by atoms with E-state index < -0.39 is 0 Å². The Hall–Kier alpha value is -3.75. The molecule has 1 saturated heterocycles. The van der Waals surface area contributed by atoms with Crippen molar-refractivity contribution >= 4 is 40.3 Å². The van der Waals surface area contributed by atoms with Gasteiger partial charge in [-0.3, -0.25) is 9.69 Å². The smallest absolute Gasteiger partial charge is 0.266 e. The van der Waals surface area contributed by atoms with Crippen LogP contribution in [0.4, 0.5) is 4.39 Å². The zero-order valence-electron chi connectivity index (χ0n) is 20.3. The van der Waals surface area contributed by atoms with Crippen LogP contribution in [0.3, 0.4) is 0 Å². The predicted molar refractivity (Wildman–Crippen MR) is 150 cm³/mol. The summed E-state index contributed by atoms with van der Waals surface area (Å²) in [5.74, 6) is 0.327. The molecule has 1 fully saturated rings. The highest BCUT2D eigenvalue weighted by molar-refractivity contribution is 8.26. The highest BCUT2D eigenvalue weighted by Gasteiger charge is 2.34. The zero-order chi connectivity index (χ0) is 25.9. The van der Waals surface area contributed by atoms with Crippen molar-refractivity contribution in [3.8, 4) is 22.7 Å². The number of hydrogen-bond acceptors (Lipinski definition) is 5. The molecule has 0 aliphatic carbocycles. The Bertz CT molecular complexity index is 1460. The number of hydrogen-bond donors (Lipinski definition) is 0. The average molecular weight is 530 g/mol. The number of rotatable bonds is 7. The maximum atomic E-state index is 13.1. The van der Waals surface area contributed by atoms with Gasteiger partial charge in [-0.15, -0.1) is 0 Å². The number of para-hydroxylation sites is 1. The summed E-state index contributed by atoms with van der Waals surface area (Å²) in [6.45, 7) is 4.24. The first-order valence-corrected chi connectivity index (χ1v) is 13.0. The summed E-state index contributed by atoms with van der Waals surface area (Å²) in [5, 5.41) is 4.85. The van der Waals surface area contributed by atoms with Crippen LogP contribution in [-0.2, 0) is 11.4 Å². The number of ether oxygens (including phenoxy) is 1. The molecule has 8 heteroatoms. The monoisotopic (exact) mass is 529 g/mol. The Labute approximate surface area is 224 Å². The second-order valence-corrected chi connectivity index (χ2v) is 10.5. The maximum Gasteiger partial charge on any atom is 0.266 e. The second-order valence-electron chi connectivity index (χ2n) is 8.80. The van der Waals surface area contributed by atoms with E-state index in [0.29, 0.717) is 21.6 Å². The molecule has 5 rings (SSSR count). The number of carbonyl (C=O) groups is 1. The molecule has 1 aliphatic heterocycles. The number of aromatic nitrogens is 2. The number of nitrogens with zero attached hydrogens (tertiary/aromatic N) is 3. The number of thioether (sulfide) groups is 1. The Morgan fingerprint density at radius 2 is 1.73 bits per heavy atom. The van der Waals surface area contributed by atoms with E-state index in [-0.39, 0.29) is 17.8 Å². The lowest BCUT2D eigenvalue weighted by molar-refractivity contribution is -0.123. The van der Waals surface area contributed by atoms with Crippen molar-refractivity contribution in [1.29, 1.82) is 0 Å². The first-order chi connectivity index (χ1) is 17.9. The Balaban J connectivity index is 1.45. The second kappa shape index (κ2) is 10.7. The number of benzene rings is 3. The lowest BCUT2D eigenvalue weighted by atomic mass is 10.1. The van der Waals surface area contributed by atoms with Crippen LogP contribution >= 0.6 is 24.0 Å². The third-order valence-electron chi connectivity index (χ3n) is 5.84. The number of amides is 1. The van der Waals surface area contributed by atoms with E-state index in [0.717, 1.165) is 28.1 Å². The standard InChI is InChI=1S/C29H24FN3O2S2/c1-19(2)33-28(34)26(37-29(33)36)16-22-17-32(24-6-4-3-5-7-24)31-27(22)21-10-14-25(15-11-21)35-18-20-8-12-23(30)13-9-20/h3-17,19H,18H2,1-2H3/b26-16+. The molecule has 37 heavy (non-hydrogen) atoms. The minimum absolute atomic E-state index is 0.00707. The summed E-state index contributed by atoms with van der Waals surface area (Å²) >= 11 is 6.76. The van der Waals surface area contributed by atoms with Crippen LogP contribution < -0.4 is 4.74 Å². The van der Waals surface area contributed by atoms with Crippen LogP contribution in [-0.4, -0.2) is 30.9 Å². The highest BCUT2D eigenvalue weighted by Crippen LogP contribution is 2.36. The topological polar surface area (TPSA) is 47.4 Å². The summed E-state index contributed by atoms with van der Waals surface area (Å²) < 4.78 is 21.4. The predicted octanol–water partition coefficient (Wildman–Crippen LogP) is 6.87. The van der Waals surface area contributed by atoms with Gasteiger partial charge in [-0.05, 0) is 74.0 Å². The van der Waals surface area contributed by atoms with Crippen molar-refractivity contribution in [2.45, 2.75) is 26.5 Å². The van der Waals surface area contributed by atoms with Gasteiger partial charge in [0.1, 0.15) is 22.5 Å². The molecule has 0 bridgehead atoms. The van der Waals surface area contributed by atoms with E-state index in [4.69, 9.17) is 22.1 Å². The highest BCUT2D eigenvalue weighted by atomic mass is 32.2. The molecule has 5 nitrogen and oxygen atoms in total. The fraction of sp³-hybridized carbons (Fsp3) is 0.138. The fourth-order valence-corrected chi connectivity index (χ4v) is 5.47. The number of halogens is 1. The quantitative estimate of drug-likeness (QED) is 0.193. The van der Waals surface area contributed by atoms with Gasteiger partial charge in [-0.1, -0.05) is 54.3 Å². The molecule has 0 radical (unpaired) electrons. The van der Waals surface area contributed by atoms with Crippen LogP contribution in [0, 0.1) is 5.82 Å². The van der Waals surface area contributed by atoms with Gasteiger partial charge in [0.05, 0.1) is 16.3 Å². The van der Waals surface area contributed by atoms with Crippen molar-refractivity contribution in [2.75, 3.05) is 0 Å². The Morgan fingerprint density at radius 3 is 2.38 bits per heavy atom. The Kier molecular flexibility index (Phi) is 7.21. The van der Waals surface area contributed by atoms with Crippen molar-refractivity contribution < 1.29 is 13.9 Å². The molecule has 0 saturated carbocycles. The summed E-state index contributed by atoms with van der Waals surface area (Å²) in [6, 6.07) is 23.7. The molecular weight excluding hydrogens is 505 g/mol. The van der Waals surface area contributed by atoms with Crippen molar-refractivity contribution in [3.63, 3.8) is 0 Å². The van der Waals surface area contributed by atoms with Crippen molar-refractivity contribution in [2.24, 2.45) is 0 Å². The van der Waals surface area contributed by atoms with Gasteiger partial charge in [0, 0.05) is 23.4 Å². The molecule has 186 valence electrons. The van der Waals surface area contributed by atoms with Gasteiger partial charge in [0.2, 0.25) is 0 Å². The molecule has 0 N–H and O–H groups in total. The molecular formula is C29H24FN3O2S2. The molecule has 0 spiro atoms. The van der Waals surface area contributed by atoms with Gasteiger partial charge >= 0.3 is 0 Å². The molecule has 1 aliphatic rings. The van der Waals surface area contributed by atoms with E-state index in [1.165, 1.54) is 23.9 Å². The summed E-state index contributed by atoms with van der Waals surface area (Å²) in [5.41, 5.74) is 4.23. The normalized spacial score (nSPS) is 14.7. The van der Waals surface area contributed by atoms with Crippen LogP contribution in [0.15, 0.2) is 90.0 Å². The van der Waals surface area contributed by atoms with Gasteiger partial charge in [-0.25, -0.2) is 9.07 Å². The van der Waals surface area contributed by atoms with Crippen molar-refractivity contribution in [1.82, 2.24) is 14.7 Å². The number of carbonyl (C=O) groups excluding carboxylic acids is 1. The first kappa shape index (κ1) is 24.9. The lowest BCUT2D eigenvalue weighted by Crippen LogP contribution is -2.34. The summed E-state index contributed by atoms with van der Waals surface area (Å²) in [6.07, 6.45) is 3.79. The summed E-state index contributed by atoms with van der Waals surface area (Å²) in [7, 11) is 0. The SMILES string of the molecule is CC(C)N1C(=O)/C(=C\c2cn(-c3ccccc3)nc2-c2ccc(OCc3ccc(F)cc3)cc2)SC1=S. The third kappa shape index (κ3) is 5.50. The van der Waals surface area contributed by atoms with E-state index in [1.807, 2.05) is 85.4 Å². The van der Waals surface area contributed by atoms with Crippen LogP contribution in [0.2, 0.25) is 0 Å². The molecule has 0 unspecified atom stereocenters. The molecule has 1 aromatic heterocycles. The minimum atomic E-state index is -0.273. The maximum absolute atomic E-state index is 13.1. The van der Waals surface area contributed by atoms with E-state index in [9.17, 15) is 9.18 Å². The van der Waals surface area contributed by atoms with E-state index in [1.54, 1.807) is 17.0 Å². The van der Waals surface area contributed by atoms with Crippen molar-refractivity contribution in [3.05, 3.63) is 107 Å².